The van der Waals surface area contributed by atoms with Gasteiger partial charge in [0.2, 0.25) is 0 Å². The molecule has 1 aromatic carbocycles. The third kappa shape index (κ3) is 3.51. The number of hydrogen-bond acceptors (Lipinski definition) is 4. The monoisotopic (exact) mass is 350 g/mol. The van der Waals surface area contributed by atoms with Crippen LogP contribution in [0.5, 0.6) is 0 Å². The van der Waals surface area contributed by atoms with Gasteiger partial charge >= 0.3 is 0 Å². The number of carbonyl (C=O) groups is 1. The molecule has 0 spiro atoms. The summed E-state index contributed by atoms with van der Waals surface area (Å²) in [6.45, 7) is 2.63. The number of anilines is 2. The smallest absolute Gasteiger partial charge is 0.255 e. The first-order chi connectivity index (χ1) is 11.0. The Morgan fingerprint density at radius 2 is 1.83 bits per heavy atom. The molecule has 1 aromatic heterocycles. The highest BCUT2D eigenvalue weighted by atomic mass is 35.5. The van der Waals surface area contributed by atoms with Gasteiger partial charge in [0.1, 0.15) is 5.82 Å². The van der Waals surface area contributed by atoms with E-state index in [0.29, 0.717) is 47.5 Å². The maximum atomic E-state index is 12.6. The molecule has 1 fully saturated rings. The Morgan fingerprint density at radius 1 is 1.09 bits per heavy atom. The van der Waals surface area contributed by atoms with Crippen molar-refractivity contribution in [3.8, 4) is 0 Å². The predicted octanol–water partition coefficient (Wildman–Crippen LogP) is 2.93. The number of nitrogens with two attached hydrogens (primary N) is 1. The van der Waals surface area contributed by atoms with Crippen LogP contribution in [0.25, 0.3) is 0 Å². The van der Waals surface area contributed by atoms with Gasteiger partial charge in [0, 0.05) is 31.2 Å². The van der Waals surface area contributed by atoms with Gasteiger partial charge in [-0.2, -0.15) is 0 Å². The summed E-state index contributed by atoms with van der Waals surface area (Å²) in [5, 5.41) is 0.921. The van der Waals surface area contributed by atoms with Crippen molar-refractivity contribution in [1.29, 1.82) is 0 Å². The zero-order chi connectivity index (χ0) is 16.4. The lowest BCUT2D eigenvalue weighted by Crippen LogP contribution is -2.49. The van der Waals surface area contributed by atoms with Crippen LogP contribution in [0, 0.1) is 0 Å². The molecule has 2 N–H and O–H groups in total. The Kier molecular flexibility index (Phi) is 4.59. The molecule has 3 rings (SSSR count). The number of benzene rings is 1. The fourth-order valence-electron chi connectivity index (χ4n) is 2.55. The number of rotatable bonds is 2. The maximum absolute atomic E-state index is 12.6. The van der Waals surface area contributed by atoms with E-state index in [2.05, 4.69) is 9.88 Å². The predicted molar refractivity (Wildman–Crippen MR) is 93.2 cm³/mol. The molecule has 0 radical (unpaired) electrons. The summed E-state index contributed by atoms with van der Waals surface area (Å²) in [4.78, 5) is 20.8. The van der Waals surface area contributed by atoms with Crippen molar-refractivity contribution in [3.05, 3.63) is 52.1 Å². The molecule has 1 amide bonds. The van der Waals surface area contributed by atoms with Crippen molar-refractivity contribution < 1.29 is 4.79 Å². The second-order valence-electron chi connectivity index (χ2n) is 5.35. The minimum Gasteiger partial charge on any atom is -0.397 e. The highest BCUT2D eigenvalue weighted by Crippen LogP contribution is 2.23. The molecule has 0 saturated carbocycles. The lowest BCUT2D eigenvalue weighted by Gasteiger charge is -2.35. The molecule has 0 aliphatic carbocycles. The summed E-state index contributed by atoms with van der Waals surface area (Å²) < 4.78 is 0. The summed E-state index contributed by atoms with van der Waals surface area (Å²) in [5.41, 5.74) is 6.73. The summed E-state index contributed by atoms with van der Waals surface area (Å²) in [7, 11) is 0. The van der Waals surface area contributed by atoms with Crippen LogP contribution >= 0.6 is 23.2 Å². The van der Waals surface area contributed by atoms with Crippen LogP contribution in [0.4, 0.5) is 11.5 Å². The number of halogens is 2. The van der Waals surface area contributed by atoms with Gasteiger partial charge in [-0.25, -0.2) is 4.98 Å². The zero-order valence-electron chi connectivity index (χ0n) is 12.4. The summed E-state index contributed by atoms with van der Waals surface area (Å²) in [6.07, 6.45) is 1.64. The van der Waals surface area contributed by atoms with E-state index < -0.39 is 0 Å². The van der Waals surface area contributed by atoms with Crippen molar-refractivity contribution in [1.82, 2.24) is 9.88 Å². The lowest BCUT2D eigenvalue weighted by molar-refractivity contribution is 0.0746. The van der Waals surface area contributed by atoms with E-state index in [9.17, 15) is 4.79 Å². The Bertz CT molecular complexity index is 713. The van der Waals surface area contributed by atoms with Crippen molar-refractivity contribution >= 4 is 40.6 Å². The second kappa shape index (κ2) is 6.64. The molecule has 2 heterocycles. The Balaban J connectivity index is 1.67. The average molecular weight is 351 g/mol. The van der Waals surface area contributed by atoms with E-state index >= 15 is 0 Å². The Morgan fingerprint density at radius 3 is 2.48 bits per heavy atom. The first-order valence-corrected chi connectivity index (χ1v) is 8.01. The molecule has 1 aliphatic heterocycles. The third-order valence-corrected chi connectivity index (χ3v) is 4.39. The molecule has 7 heteroatoms. The number of pyridine rings is 1. The fraction of sp³-hybridized carbons (Fsp3) is 0.250. The van der Waals surface area contributed by atoms with E-state index in [4.69, 9.17) is 28.9 Å². The Hall–Kier alpha value is -1.98. The molecule has 0 unspecified atom stereocenters. The molecule has 0 bridgehead atoms. The standard InChI is InChI=1S/C16H16Cl2N4O/c17-11-1-3-14(18)13(9-11)16(23)22-7-5-21(6-8-22)15-4-2-12(19)10-20-15/h1-4,9-10H,5-8,19H2. The normalized spacial score (nSPS) is 14.9. The van der Waals surface area contributed by atoms with E-state index in [1.165, 1.54) is 0 Å². The molecule has 23 heavy (non-hydrogen) atoms. The molecular weight excluding hydrogens is 335 g/mol. The number of amides is 1. The maximum Gasteiger partial charge on any atom is 0.255 e. The summed E-state index contributed by atoms with van der Waals surface area (Å²) >= 11 is 12.1. The number of carbonyl (C=O) groups excluding carboxylic acids is 1. The number of piperazine rings is 1. The molecule has 0 atom stereocenters. The SMILES string of the molecule is Nc1ccc(N2CCN(C(=O)c3cc(Cl)ccc3Cl)CC2)nc1. The lowest BCUT2D eigenvalue weighted by atomic mass is 10.1. The van der Waals surface area contributed by atoms with Gasteiger partial charge in [0.25, 0.3) is 5.91 Å². The van der Waals surface area contributed by atoms with Gasteiger partial charge in [0.15, 0.2) is 0 Å². The summed E-state index contributed by atoms with van der Waals surface area (Å²) in [5.74, 6) is 0.773. The van der Waals surface area contributed by atoms with E-state index in [1.807, 2.05) is 12.1 Å². The van der Waals surface area contributed by atoms with Gasteiger partial charge in [-0.15, -0.1) is 0 Å². The van der Waals surface area contributed by atoms with Crippen LogP contribution in [-0.4, -0.2) is 42.0 Å². The van der Waals surface area contributed by atoms with Gasteiger partial charge in [0.05, 0.1) is 22.5 Å². The van der Waals surface area contributed by atoms with Crippen LogP contribution in [-0.2, 0) is 0 Å². The van der Waals surface area contributed by atoms with Gasteiger partial charge < -0.3 is 15.5 Å². The minimum absolute atomic E-state index is 0.0950. The quantitative estimate of drug-likeness (QED) is 0.904. The van der Waals surface area contributed by atoms with Crippen molar-refractivity contribution in [2.75, 3.05) is 36.8 Å². The second-order valence-corrected chi connectivity index (χ2v) is 6.20. The van der Waals surface area contributed by atoms with Crippen molar-refractivity contribution in [2.24, 2.45) is 0 Å². The number of aromatic nitrogens is 1. The largest absolute Gasteiger partial charge is 0.397 e. The van der Waals surface area contributed by atoms with Crippen LogP contribution in [0.3, 0.4) is 0 Å². The number of nitrogen functional groups attached to an aromatic ring is 1. The first-order valence-electron chi connectivity index (χ1n) is 7.25. The number of nitrogens with zero attached hydrogens (tertiary/aromatic N) is 3. The fourth-order valence-corrected chi connectivity index (χ4v) is 2.93. The van der Waals surface area contributed by atoms with Crippen molar-refractivity contribution in [3.63, 3.8) is 0 Å². The Labute approximate surface area is 144 Å². The zero-order valence-corrected chi connectivity index (χ0v) is 13.9. The van der Waals surface area contributed by atoms with Gasteiger partial charge in [-0.3, -0.25) is 4.79 Å². The molecule has 5 nitrogen and oxygen atoms in total. The molecule has 2 aromatic rings. The van der Waals surface area contributed by atoms with Gasteiger partial charge in [-0.1, -0.05) is 23.2 Å². The summed E-state index contributed by atoms with van der Waals surface area (Å²) in [6, 6.07) is 8.64. The molecule has 1 saturated heterocycles. The van der Waals surface area contributed by atoms with Gasteiger partial charge in [-0.05, 0) is 30.3 Å². The van der Waals surface area contributed by atoms with Crippen LogP contribution in [0.2, 0.25) is 10.0 Å². The van der Waals surface area contributed by atoms with Crippen molar-refractivity contribution in [2.45, 2.75) is 0 Å². The molecular formula is C16H16Cl2N4O. The molecule has 1 aliphatic rings. The van der Waals surface area contributed by atoms with E-state index in [1.54, 1.807) is 29.3 Å². The van der Waals surface area contributed by atoms with E-state index in [-0.39, 0.29) is 5.91 Å². The minimum atomic E-state index is -0.0950. The van der Waals surface area contributed by atoms with Crippen LogP contribution < -0.4 is 10.6 Å². The van der Waals surface area contributed by atoms with Crippen LogP contribution in [0.15, 0.2) is 36.5 Å². The third-order valence-electron chi connectivity index (χ3n) is 3.82. The van der Waals surface area contributed by atoms with Crippen LogP contribution in [0.1, 0.15) is 10.4 Å². The van der Waals surface area contributed by atoms with E-state index in [0.717, 1.165) is 5.82 Å². The topological polar surface area (TPSA) is 62.5 Å². The highest BCUT2D eigenvalue weighted by Gasteiger charge is 2.24. The average Bonchev–Trinajstić information content (AvgIpc) is 2.57. The highest BCUT2D eigenvalue weighted by molar-refractivity contribution is 6.35. The first kappa shape index (κ1) is 15.9. The molecule has 120 valence electrons. The number of hydrogen-bond donors (Lipinski definition) is 1.